The van der Waals surface area contributed by atoms with E-state index < -0.39 is 0 Å². The summed E-state index contributed by atoms with van der Waals surface area (Å²) in [6.07, 6.45) is 7.05. The van der Waals surface area contributed by atoms with E-state index in [1.54, 1.807) is 7.05 Å². The van der Waals surface area contributed by atoms with Gasteiger partial charge in [-0.15, -0.1) is 11.6 Å². The summed E-state index contributed by atoms with van der Waals surface area (Å²) in [5.41, 5.74) is 0. The van der Waals surface area contributed by atoms with Gasteiger partial charge in [0.05, 0.1) is 5.92 Å². The first kappa shape index (κ1) is 14.8. The quantitative estimate of drug-likeness (QED) is 0.563. The highest BCUT2D eigenvalue weighted by Crippen LogP contribution is 2.17. The molecule has 0 spiro atoms. The molecule has 1 amide bonds. The number of carbonyl (C=O) groups excluding carboxylic acids is 1. The Balaban J connectivity index is 2.14. The molecule has 0 saturated carbocycles. The van der Waals surface area contributed by atoms with Crippen molar-refractivity contribution >= 4 is 17.5 Å². The summed E-state index contributed by atoms with van der Waals surface area (Å²) in [5.74, 6) is 1.19. The Morgan fingerprint density at radius 1 is 1.35 bits per heavy atom. The van der Waals surface area contributed by atoms with E-state index in [4.69, 9.17) is 11.6 Å². The topological polar surface area (TPSA) is 32.3 Å². The molecule has 1 N–H and O–H groups in total. The number of nitrogens with zero attached hydrogens (tertiary/aromatic N) is 1. The average Bonchev–Trinajstić information content (AvgIpc) is 2.38. The van der Waals surface area contributed by atoms with Gasteiger partial charge in [-0.3, -0.25) is 4.79 Å². The minimum absolute atomic E-state index is 0.205. The van der Waals surface area contributed by atoms with E-state index in [1.807, 2.05) is 0 Å². The molecule has 1 atom stereocenters. The second-order valence-corrected chi connectivity index (χ2v) is 5.24. The van der Waals surface area contributed by atoms with E-state index in [-0.39, 0.29) is 11.8 Å². The minimum atomic E-state index is 0.205. The Hall–Kier alpha value is -0.280. The predicted octanol–water partition coefficient (Wildman–Crippen LogP) is 2.24. The maximum absolute atomic E-state index is 11.6. The molecule has 0 aliphatic carbocycles. The Bertz CT molecular complexity index is 223. The van der Waals surface area contributed by atoms with Crippen molar-refractivity contribution in [2.75, 3.05) is 32.6 Å². The van der Waals surface area contributed by atoms with Gasteiger partial charge in [0.15, 0.2) is 0 Å². The zero-order chi connectivity index (χ0) is 12.5. The lowest BCUT2D eigenvalue weighted by Crippen LogP contribution is -2.42. The van der Waals surface area contributed by atoms with Crippen molar-refractivity contribution in [1.82, 2.24) is 10.2 Å². The van der Waals surface area contributed by atoms with Crippen LogP contribution in [0.4, 0.5) is 0 Å². The molecule has 0 aromatic heterocycles. The number of alkyl halides is 1. The van der Waals surface area contributed by atoms with Crippen LogP contribution in [-0.2, 0) is 4.79 Å². The molecule has 1 aliphatic rings. The van der Waals surface area contributed by atoms with Crippen LogP contribution in [0.3, 0.4) is 0 Å². The third kappa shape index (κ3) is 5.73. The maximum atomic E-state index is 11.6. The standard InChI is InChI=1S/C13H25ClN2O/c1-15-13(17)12-7-6-10-16(11-12)9-5-3-2-4-8-14/h12H,2-11H2,1H3,(H,15,17). The molecule has 1 rings (SSSR count). The highest BCUT2D eigenvalue weighted by molar-refractivity contribution is 6.17. The highest BCUT2D eigenvalue weighted by Gasteiger charge is 2.24. The molecule has 1 aliphatic heterocycles. The lowest BCUT2D eigenvalue weighted by Gasteiger charge is -2.31. The van der Waals surface area contributed by atoms with Crippen LogP contribution >= 0.6 is 11.6 Å². The normalized spacial score (nSPS) is 21.4. The number of nitrogens with one attached hydrogen (secondary N) is 1. The summed E-state index contributed by atoms with van der Waals surface area (Å²) in [7, 11) is 1.73. The molecular formula is C13H25ClN2O. The molecule has 1 heterocycles. The number of hydrogen-bond acceptors (Lipinski definition) is 2. The smallest absolute Gasteiger partial charge is 0.224 e. The molecule has 0 aromatic rings. The van der Waals surface area contributed by atoms with Crippen molar-refractivity contribution in [2.24, 2.45) is 5.92 Å². The molecule has 17 heavy (non-hydrogen) atoms. The van der Waals surface area contributed by atoms with Gasteiger partial charge in [0, 0.05) is 19.5 Å². The Morgan fingerprint density at radius 2 is 2.12 bits per heavy atom. The van der Waals surface area contributed by atoms with Crippen LogP contribution in [0.5, 0.6) is 0 Å². The van der Waals surface area contributed by atoms with Gasteiger partial charge in [-0.1, -0.05) is 12.8 Å². The van der Waals surface area contributed by atoms with E-state index in [1.165, 1.54) is 19.3 Å². The largest absolute Gasteiger partial charge is 0.359 e. The summed E-state index contributed by atoms with van der Waals surface area (Å²) in [4.78, 5) is 14.0. The number of piperidine rings is 1. The Morgan fingerprint density at radius 3 is 2.82 bits per heavy atom. The number of halogens is 1. The minimum Gasteiger partial charge on any atom is -0.359 e. The van der Waals surface area contributed by atoms with E-state index in [2.05, 4.69) is 10.2 Å². The molecule has 0 bridgehead atoms. The zero-order valence-electron chi connectivity index (χ0n) is 10.9. The molecule has 1 fully saturated rings. The first-order valence-corrected chi connectivity index (χ1v) is 7.31. The molecule has 0 aromatic carbocycles. The number of amides is 1. The SMILES string of the molecule is CNC(=O)C1CCCN(CCCCCCCl)C1. The van der Waals surface area contributed by atoms with Gasteiger partial charge >= 0.3 is 0 Å². The third-order valence-corrected chi connectivity index (χ3v) is 3.75. The van der Waals surface area contributed by atoms with Crippen molar-refractivity contribution in [3.8, 4) is 0 Å². The first-order valence-electron chi connectivity index (χ1n) is 6.78. The molecule has 1 unspecified atom stereocenters. The zero-order valence-corrected chi connectivity index (χ0v) is 11.6. The number of likely N-dealkylation sites (tertiary alicyclic amines) is 1. The van der Waals surface area contributed by atoms with Crippen LogP contribution in [0.1, 0.15) is 38.5 Å². The Labute approximate surface area is 110 Å². The van der Waals surface area contributed by atoms with Gasteiger partial charge in [0.25, 0.3) is 0 Å². The third-order valence-electron chi connectivity index (χ3n) is 3.48. The molecular weight excluding hydrogens is 236 g/mol. The van der Waals surface area contributed by atoms with Crippen molar-refractivity contribution in [1.29, 1.82) is 0 Å². The van der Waals surface area contributed by atoms with Gasteiger partial charge < -0.3 is 10.2 Å². The van der Waals surface area contributed by atoms with Gasteiger partial charge in [-0.25, -0.2) is 0 Å². The van der Waals surface area contributed by atoms with Crippen LogP contribution in [-0.4, -0.2) is 43.4 Å². The first-order chi connectivity index (χ1) is 8.27. The fourth-order valence-corrected chi connectivity index (χ4v) is 2.65. The Kier molecular flexibility index (Phi) is 7.62. The summed E-state index contributed by atoms with van der Waals surface area (Å²) < 4.78 is 0. The van der Waals surface area contributed by atoms with Gasteiger partial charge in [-0.2, -0.15) is 0 Å². The van der Waals surface area contributed by atoms with E-state index >= 15 is 0 Å². The van der Waals surface area contributed by atoms with Gasteiger partial charge in [0.1, 0.15) is 0 Å². The van der Waals surface area contributed by atoms with Crippen molar-refractivity contribution in [3.05, 3.63) is 0 Å². The van der Waals surface area contributed by atoms with E-state index in [9.17, 15) is 4.79 Å². The van der Waals surface area contributed by atoms with Crippen LogP contribution in [0.25, 0.3) is 0 Å². The van der Waals surface area contributed by atoms with Gasteiger partial charge in [-0.05, 0) is 38.8 Å². The maximum Gasteiger partial charge on any atom is 0.224 e. The molecule has 4 heteroatoms. The summed E-state index contributed by atoms with van der Waals surface area (Å²) in [6, 6.07) is 0. The fraction of sp³-hybridized carbons (Fsp3) is 0.923. The molecule has 100 valence electrons. The number of carbonyl (C=O) groups is 1. The van der Waals surface area contributed by atoms with Crippen LogP contribution in [0.15, 0.2) is 0 Å². The van der Waals surface area contributed by atoms with Crippen LogP contribution < -0.4 is 5.32 Å². The molecule has 0 radical (unpaired) electrons. The lowest BCUT2D eigenvalue weighted by atomic mass is 9.97. The number of unbranched alkanes of at least 4 members (excludes halogenated alkanes) is 3. The highest BCUT2D eigenvalue weighted by atomic mass is 35.5. The van der Waals surface area contributed by atoms with Crippen LogP contribution in [0, 0.1) is 5.92 Å². The van der Waals surface area contributed by atoms with Crippen LogP contribution in [0.2, 0.25) is 0 Å². The average molecular weight is 261 g/mol. The van der Waals surface area contributed by atoms with Crippen molar-refractivity contribution in [3.63, 3.8) is 0 Å². The number of rotatable bonds is 7. The fourth-order valence-electron chi connectivity index (χ4n) is 2.46. The molecule has 3 nitrogen and oxygen atoms in total. The van der Waals surface area contributed by atoms with E-state index in [0.717, 1.165) is 44.8 Å². The lowest BCUT2D eigenvalue weighted by molar-refractivity contribution is -0.126. The second-order valence-electron chi connectivity index (χ2n) is 4.86. The summed E-state index contributed by atoms with van der Waals surface area (Å²) in [5, 5.41) is 2.76. The van der Waals surface area contributed by atoms with Crippen molar-refractivity contribution < 1.29 is 4.79 Å². The summed E-state index contributed by atoms with van der Waals surface area (Å²) in [6.45, 7) is 3.23. The summed E-state index contributed by atoms with van der Waals surface area (Å²) >= 11 is 5.64. The predicted molar refractivity (Wildman–Crippen MR) is 72.4 cm³/mol. The van der Waals surface area contributed by atoms with Crippen molar-refractivity contribution in [2.45, 2.75) is 38.5 Å². The van der Waals surface area contributed by atoms with Gasteiger partial charge in [0.2, 0.25) is 5.91 Å². The van der Waals surface area contributed by atoms with E-state index in [0.29, 0.717) is 0 Å². The second kappa shape index (κ2) is 8.76. The molecule has 1 saturated heterocycles. The monoisotopic (exact) mass is 260 g/mol. The number of hydrogen-bond donors (Lipinski definition) is 1.